The Morgan fingerprint density at radius 2 is 2.17 bits per heavy atom. The van der Waals surface area contributed by atoms with Gasteiger partial charge in [0.2, 0.25) is 6.41 Å². The van der Waals surface area contributed by atoms with Crippen LogP contribution < -0.4 is 0 Å². The van der Waals surface area contributed by atoms with Crippen molar-refractivity contribution in [2.45, 2.75) is 4.90 Å². The van der Waals surface area contributed by atoms with Gasteiger partial charge in [0.1, 0.15) is 0 Å². The highest BCUT2D eigenvalue weighted by atomic mass is 32.2. The molecule has 0 fully saturated rings. The third-order valence-electron chi connectivity index (χ3n) is 1.63. The molecule has 1 aliphatic rings. The van der Waals surface area contributed by atoms with E-state index in [0.29, 0.717) is 0 Å². The molecule has 12 heavy (non-hydrogen) atoms. The third kappa shape index (κ3) is 1.23. The molecular formula is C9H7NOS. The zero-order chi connectivity index (χ0) is 8.39. The molecule has 0 bridgehead atoms. The number of nitrogens with zero attached hydrogens (tertiary/aromatic N) is 1. The van der Waals surface area contributed by atoms with E-state index in [1.165, 1.54) is 17.5 Å². The number of benzene rings is 1. The van der Waals surface area contributed by atoms with Gasteiger partial charge in [0.25, 0.3) is 0 Å². The van der Waals surface area contributed by atoms with Gasteiger partial charge in [-0.2, -0.15) is 0 Å². The van der Waals surface area contributed by atoms with Crippen LogP contribution >= 0.6 is 11.9 Å². The van der Waals surface area contributed by atoms with Crippen LogP contribution in [0.15, 0.2) is 35.4 Å². The van der Waals surface area contributed by atoms with Gasteiger partial charge in [0.05, 0.1) is 0 Å². The monoisotopic (exact) mass is 177 g/mol. The fourth-order valence-corrected chi connectivity index (χ4v) is 1.83. The summed E-state index contributed by atoms with van der Waals surface area (Å²) in [6.07, 6.45) is 4.50. The molecule has 1 aliphatic heterocycles. The summed E-state index contributed by atoms with van der Waals surface area (Å²) >= 11 is 1.44. The Morgan fingerprint density at radius 1 is 1.33 bits per heavy atom. The van der Waals surface area contributed by atoms with Crippen LogP contribution in [0.5, 0.6) is 0 Å². The molecule has 0 saturated heterocycles. The number of hydrogen-bond donors (Lipinski definition) is 0. The van der Waals surface area contributed by atoms with Crippen molar-refractivity contribution in [2.24, 2.45) is 0 Å². The van der Waals surface area contributed by atoms with Gasteiger partial charge in [-0.25, -0.2) is 0 Å². The Morgan fingerprint density at radius 3 is 3.00 bits per heavy atom. The molecule has 0 aromatic heterocycles. The lowest BCUT2D eigenvalue weighted by Crippen LogP contribution is -2.07. The predicted molar refractivity (Wildman–Crippen MR) is 49.2 cm³/mol. The molecule has 0 N–H and O–H groups in total. The number of hydrogen-bond acceptors (Lipinski definition) is 2. The molecule has 0 unspecified atom stereocenters. The number of rotatable bonds is 1. The van der Waals surface area contributed by atoms with Crippen molar-refractivity contribution in [3.63, 3.8) is 0 Å². The largest absolute Gasteiger partial charge is 0.277 e. The molecule has 0 radical (unpaired) electrons. The van der Waals surface area contributed by atoms with E-state index in [2.05, 4.69) is 0 Å². The smallest absolute Gasteiger partial charge is 0.223 e. The number of fused-ring (bicyclic) bond motifs is 1. The van der Waals surface area contributed by atoms with Crippen LogP contribution in [-0.2, 0) is 4.79 Å². The summed E-state index contributed by atoms with van der Waals surface area (Å²) in [6, 6.07) is 7.98. The molecule has 3 heteroatoms. The average Bonchev–Trinajstić information content (AvgIpc) is 2.17. The second-order valence-corrected chi connectivity index (χ2v) is 3.45. The molecule has 1 aromatic carbocycles. The fourth-order valence-electron chi connectivity index (χ4n) is 1.06. The molecule has 0 saturated carbocycles. The first-order valence-corrected chi connectivity index (χ1v) is 4.36. The lowest BCUT2D eigenvalue weighted by molar-refractivity contribution is -0.112. The highest BCUT2D eigenvalue weighted by molar-refractivity contribution is 7.97. The molecule has 1 amide bonds. The number of carbonyl (C=O) groups excluding carboxylic acids is 1. The van der Waals surface area contributed by atoms with Gasteiger partial charge in [0.15, 0.2) is 0 Å². The maximum absolute atomic E-state index is 10.4. The highest BCUT2D eigenvalue weighted by Gasteiger charge is 2.08. The second-order valence-electron chi connectivity index (χ2n) is 2.41. The Balaban J connectivity index is 2.39. The number of carbonyl (C=O) groups is 1. The van der Waals surface area contributed by atoms with E-state index < -0.39 is 0 Å². The second kappa shape index (κ2) is 3.03. The Hall–Kier alpha value is -1.22. The van der Waals surface area contributed by atoms with Crippen molar-refractivity contribution in [3.05, 3.63) is 36.0 Å². The summed E-state index contributed by atoms with van der Waals surface area (Å²) < 4.78 is 1.54. The first-order valence-electron chi connectivity index (χ1n) is 3.59. The van der Waals surface area contributed by atoms with E-state index in [1.54, 1.807) is 10.5 Å². The van der Waals surface area contributed by atoms with Crippen molar-refractivity contribution in [3.8, 4) is 0 Å². The Labute approximate surface area is 75.0 Å². The molecular weight excluding hydrogens is 170 g/mol. The normalized spacial score (nSPS) is 14.2. The van der Waals surface area contributed by atoms with Crippen LogP contribution in [0.4, 0.5) is 0 Å². The molecule has 1 heterocycles. The van der Waals surface area contributed by atoms with Crippen LogP contribution in [0, 0.1) is 0 Å². The topological polar surface area (TPSA) is 20.3 Å². The van der Waals surface area contributed by atoms with Gasteiger partial charge >= 0.3 is 0 Å². The summed E-state index contributed by atoms with van der Waals surface area (Å²) in [6.45, 7) is 0. The van der Waals surface area contributed by atoms with E-state index in [-0.39, 0.29) is 0 Å². The molecule has 0 spiro atoms. The van der Waals surface area contributed by atoms with Gasteiger partial charge in [-0.1, -0.05) is 18.2 Å². The van der Waals surface area contributed by atoms with E-state index in [9.17, 15) is 4.79 Å². The molecule has 60 valence electrons. The maximum Gasteiger partial charge on any atom is 0.223 e. The van der Waals surface area contributed by atoms with Crippen molar-refractivity contribution in [1.82, 2.24) is 4.31 Å². The quantitative estimate of drug-likeness (QED) is 0.484. The van der Waals surface area contributed by atoms with Gasteiger partial charge in [-0.3, -0.25) is 9.10 Å². The Kier molecular flexibility index (Phi) is 1.87. The zero-order valence-electron chi connectivity index (χ0n) is 6.31. The third-order valence-corrected chi connectivity index (χ3v) is 2.61. The summed E-state index contributed by atoms with van der Waals surface area (Å²) in [5.41, 5.74) is 1.17. The van der Waals surface area contributed by atoms with Crippen molar-refractivity contribution in [2.75, 3.05) is 0 Å². The first-order chi connectivity index (χ1) is 5.90. The van der Waals surface area contributed by atoms with Crippen molar-refractivity contribution in [1.29, 1.82) is 0 Å². The molecule has 2 rings (SSSR count). The first kappa shape index (κ1) is 7.43. The van der Waals surface area contributed by atoms with Crippen LogP contribution in [0.2, 0.25) is 0 Å². The summed E-state index contributed by atoms with van der Waals surface area (Å²) in [5, 5.41) is 0. The van der Waals surface area contributed by atoms with Crippen LogP contribution in [0.25, 0.3) is 6.08 Å². The van der Waals surface area contributed by atoms with E-state index in [0.717, 1.165) is 11.3 Å². The minimum atomic E-state index is 0.803. The van der Waals surface area contributed by atoms with E-state index >= 15 is 0 Å². The van der Waals surface area contributed by atoms with E-state index in [1.807, 2.05) is 30.3 Å². The lowest BCUT2D eigenvalue weighted by atomic mass is 10.2. The lowest BCUT2D eigenvalue weighted by Gasteiger charge is -2.16. The van der Waals surface area contributed by atoms with Crippen LogP contribution in [0.1, 0.15) is 5.56 Å². The summed E-state index contributed by atoms with van der Waals surface area (Å²) in [7, 11) is 0. The average molecular weight is 177 g/mol. The summed E-state index contributed by atoms with van der Waals surface area (Å²) in [4.78, 5) is 11.5. The van der Waals surface area contributed by atoms with Crippen LogP contribution in [-0.4, -0.2) is 10.7 Å². The maximum atomic E-state index is 10.4. The number of amides is 1. The van der Waals surface area contributed by atoms with Gasteiger partial charge < -0.3 is 0 Å². The van der Waals surface area contributed by atoms with Gasteiger partial charge in [-0.05, 0) is 29.7 Å². The fraction of sp³-hybridized carbons (Fsp3) is 0. The highest BCUT2D eigenvalue weighted by Crippen LogP contribution is 2.30. The van der Waals surface area contributed by atoms with Gasteiger partial charge in [0, 0.05) is 11.1 Å². The minimum absolute atomic E-state index is 0.803. The van der Waals surface area contributed by atoms with Gasteiger partial charge in [-0.15, -0.1) is 0 Å². The molecule has 0 atom stereocenters. The standard InChI is InChI=1S/C9H7NOS/c11-7-10-6-5-8-3-1-2-4-9(8)12-10/h1-7H. The SMILES string of the molecule is O=CN1C=Cc2ccccc2S1. The molecule has 2 nitrogen and oxygen atoms in total. The minimum Gasteiger partial charge on any atom is -0.277 e. The predicted octanol–water partition coefficient (Wildman–Crippen LogP) is 2.14. The molecule has 0 aliphatic carbocycles. The van der Waals surface area contributed by atoms with Crippen LogP contribution in [0.3, 0.4) is 0 Å². The molecule has 1 aromatic rings. The Bertz CT molecular complexity index is 335. The zero-order valence-corrected chi connectivity index (χ0v) is 7.12. The van der Waals surface area contributed by atoms with Crippen molar-refractivity contribution < 1.29 is 4.79 Å². The summed E-state index contributed by atoms with van der Waals surface area (Å²) in [5.74, 6) is 0. The van der Waals surface area contributed by atoms with Crippen molar-refractivity contribution >= 4 is 24.4 Å². The van der Waals surface area contributed by atoms with E-state index in [4.69, 9.17) is 0 Å².